The number of fused-ring (bicyclic) bond motifs is 3. The Morgan fingerprint density at radius 3 is 2.81 bits per heavy atom. The molecule has 1 fully saturated rings. The fourth-order valence-corrected chi connectivity index (χ4v) is 4.05. The molecule has 1 N–H and O–H groups in total. The van der Waals surface area contributed by atoms with Crippen LogP contribution in [0.25, 0.3) is 0 Å². The van der Waals surface area contributed by atoms with E-state index in [0.717, 1.165) is 41.2 Å². The molecule has 26 heavy (non-hydrogen) atoms. The molecule has 0 bridgehead atoms. The molecule has 6 nitrogen and oxygen atoms in total. The summed E-state index contributed by atoms with van der Waals surface area (Å²) >= 11 is 0. The van der Waals surface area contributed by atoms with Crippen LogP contribution in [0, 0.1) is 11.8 Å². The van der Waals surface area contributed by atoms with Gasteiger partial charge in [-0.25, -0.2) is 0 Å². The van der Waals surface area contributed by atoms with E-state index in [0.29, 0.717) is 18.3 Å². The zero-order valence-corrected chi connectivity index (χ0v) is 14.4. The third kappa shape index (κ3) is 2.52. The molecule has 0 saturated carbocycles. The van der Waals surface area contributed by atoms with Crippen molar-refractivity contribution in [2.24, 2.45) is 11.8 Å². The minimum absolute atomic E-state index is 0.155. The molecule has 0 amide bonds. The minimum atomic E-state index is -0.230. The number of methoxy groups -OCH3 is 1. The smallest absolute Gasteiger partial charge is 0.231 e. The van der Waals surface area contributed by atoms with Gasteiger partial charge in [0.05, 0.1) is 13.7 Å². The summed E-state index contributed by atoms with van der Waals surface area (Å²) in [6, 6.07) is 9.41. The number of ether oxygens (including phenoxy) is 5. The number of hydrogen-bond donors (Lipinski definition) is 1. The van der Waals surface area contributed by atoms with Crippen LogP contribution in [0.3, 0.4) is 0 Å². The van der Waals surface area contributed by atoms with Crippen LogP contribution in [0.15, 0.2) is 30.3 Å². The number of rotatable bonds is 3. The molecule has 0 unspecified atom stereocenters. The molecule has 0 aliphatic carbocycles. The molecule has 1 saturated heterocycles. The summed E-state index contributed by atoms with van der Waals surface area (Å²) in [5.74, 6) is 3.61. The molecule has 3 aliphatic heterocycles. The SMILES string of the molecule is COc1cc(C[C@H]2CO[C@@H]3Oc4cc5c(cc4C[C@H]23)OCO5)ccc1O. The zero-order chi connectivity index (χ0) is 17.7. The van der Waals surface area contributed by atoms with E-state index >= 15 is 0 Å². The van der Waals surface area contributed by atoms with E-state index in [1.807, 2.05) is 24.3 Å². The van der Waals surface area contributed by atoms with Crippen molar-refractivity contribution in [2.45, 2.75) is 19.1 Å². The van der Waals surface area contributed by atoms with Gasteiger partial charge in [-0.2, -0.15) is 0 Å². The number of phenols is 1. The highest BCUT2D eigenvalue weighted by Crippen LogP contribution is 2.45. The number of benzene rings is 2. The number of phenolic OH excluding ortho intramolecular Hbond substituents is 1. The molecule has 3 aliphatic rings. The largest absolute Gasteiger partial charge is 0.504 e. The summed E-state index contributed by atoms with van der Waals surface area (Å²) in [7, 11) is 1.56. The van der Waals surface area contributed by atoms with E-state index in [9.17, 15) is 5.11 Å². The van der Waals surface area contributed by atoms with Gasteiger partial charge in [0, 0.05) is 12.0 Å². The lowest BCUT2D eigenvalue weighted by Crippen LogP contribution is -2.32. The maximum Gasteiger partial charge on any atom is 0.231 e. The van der Waals surface area contributed by atoms with E-state index in [-0.39, 0.29) is 24.8 Å². The molecule has 2 aromatic carbocycles. The van der Waals surface area contributed by atoms with Gasteiger partial charge in [0.1, 0.15) is 5.75 Å². The maximum absolute atomic E-state index is 9.78. The summed E-state index contributed by atoms with van der Waals surface area (Å²) < 4.78 is 28.1. The molecular weight excluding hydrogens is 336 g/mol. The molecule has 0 radical (unpaired) electrons. The van der Waals surface area contributed by atoms with Crippen molar-refractivity contribution in [2.75, 3.05) is 20.5 Å². The summed E-state index contributed by atoms with van der Waals surface area (Å²) in [6.07, 6.45) is 1.50. The van der Waals surface area contributed by atoms with Gasteiger partial charge >= 0.3 is 0 Å². The molecule has 0 aromatic heterocycles. The second-order valence-corrected chi connectivity index (χ2v) is 6.97. The minimum Gasteiger partial charge on any atom is -0.504 e. The van der Waals surface area contributed by atoms with Gasteiger partial charge in [0.2, 0.25) is 13.1 Å². The van der Waals surface area contributed by atoms with Crippen LogP contribution in [0.4, 0.5) is 0 Å². The van der Waals surface area contributed by atoms with Gasteiger partial charge < -0.3 is 28.8 Å². The van der Waals surface area contributed by atoms with E-state index < -0.39 is 0 Å². The van der Waals surface area contributed by atoms with Crippen molar-refractivity contribution in [1.82, 2.24) is 0 Å². The second-order valence-electron chi connectivity index (χ2n) is 6.97. The second kappa shape index (κ2) is 5.99. The monoisotopic (exact) mass is 356 g/mol. The molecule has 6 heteroatoms. The lowest BCUT2D eigenvalue weighted by molar-refractivity contribution is -0.0701. The Morgan fingerprint density at radius 2 is 1.96 bits per heavy atom. The highest BCUT2D eigenvalue weighted by atomic mass is 16.7. The third-order valence-corrected chi connectivity index (χ3v) is 5.43. The van der Waals surface area contributed by atoms with Crippen LogP contribution in [-0.2, 0) is 17.6 Å². The topological polar surface area (TPSA) is 66.4 Å². The van der Waals surface area contributed by atoms with Crippen molar-refractivity contribution >= 4 is 0 Å². The zero-order valence-electron chi connectivity index (χ0n) is 14.4. The molecular formula is C20H20O6. The standard InChI is InChI=1S/C20H20O6/c1-22-17-5-11(2-3-15(17)21)4-13-9-23-20-14(13)6-12-7-18-19(25-10-24-18)8-16(12)26-20/h2-3,5,7-8,13-14,20-21H,4,6,9-10H2,1H3/t13-,14+,20+/m0/s1. The van der Waals surface area contributed by atoms with Crippen LogP contribution in [0.2, 0.25) is 0 Å². The van der Waals surface area contributed by atoms with Gasteiger partial charge in [-0.3, -0.25) is 0 Å². The lowest BCUT2D eigenvalue weighted by atomic mass is 9.83. The summed E-state index contributed by atoms with van der Waals surface area (Å²) in [6.45, 7) is 0.909. The predicted molar refractivity (Wildman–Crippen MR) is 92.0 cm³/mol. The Balaban J connectivity index is 1.37. The lowest BCUT2D eigenvalue weighted by Gasteiger charge is -2.30. The van der Waals surface area contributed by atoms with Crippen molar-refractivity contribution in [1.29, 1.82) is 0 Å². The van der Waals surface area contributed by atoms with Gasteiger partial charge in [-0.15, -0.1) is 0 Å². The van der Waals surface area contributed by atoms with Gasteiger partial charge in [-0.05, 0) is 48.1 Å². The highest BCUT2D eigenvalue weighted by molar-refractivity contribution is 5.52. The number of hydrogen-bond acceptors (Lipinski definition) is 6. The van der Waals surface area contributed by atoms with Crippen LogP contribution in [0.5, 0.6) is 28.7 Å². The molecule has 0 spiro atoms. The Morgan fingerprint density at radius 1 is 1.12 bits per heavy atom. The molecule has 3 heterocycles. The van der Waals surface area contributed by atoms with Crippen molar-refractivity contribution in [3.63, 3.8) is 0 Å². The summed E-state index contributed by atoms with van der Waals surface area (Å²) in [5, 5.41) is 9.78. The van der Waals surface area contributed by atoms with Gasteiger partial charge in [0.25, 0.3) is 0 Å². The average Bonchev–Trinajstić information content (AvgIpc) is 3.26. The average molecular weight is 356 g/mol. The quantitative estimate of drug-likeness (QED) is 0.912. The van der Waals surface area contributed by atoms with Crippen molar-refractivity contribution in [3.8, 4) is 28.7 Å². The van der Waals surface area contributed by atoms with Gasteiger partial charge in [0.15, 0.2) is 23.0 Å². The number of aromatic hydroxyl groups is 1. The van der Waals surface area contributed by atoms with E-state index in [1.54, 1.807) is 13.2 Å². The van der Waals surface area contributed by atoms with E-state index in [1.165, 1.54) is 0 Å². The van der Waals surface area contributed by atoms with E-state index in [2.05, 4.69) is 0 Å². The third-order valence-electron chi connectivity index (χ3n) is 5.43. The molecule has 136 valence electrons. The van der Waals surface area contributed by atoms with E-state index in [4.69, 9.17) is 23.7 Å². The maximum atomic E-state index is 9.78. The first kappa shape index (κ1) is 15.6. The summed E-state index contributed by atoms with van der Waals surface area (Å²) in [5.41, 5.74) is 2.25. The Labute approximate surface area is 151 Å². The van der Waals surface area contributed by atoms with Crippen LogP contribution in [0.1, 0.15) is 11.1 Å². The fraction of sp³-hybridized carbons (Fsp3) is 0.400. The predicted octanol–water partition coefficient (Wildman–Crippen LogP) is 2.90. The first-order valence-corrected chi connectivity index (χ1v) is 8.78. The van der Waals surface area contributed by atoms with Crippen molar-refractivity contribution < 1.29 is 28.8 Å². The molecule has 2 aromatic rings. The first-order valence-electron chi connectivity index (χ1n) is 8.78. The fourth-order valence-electron chi connectivity index (χ4n) is 4.05. The van der Waals surface area contributed by atoms with Crippen molar-refractivity contribution in [3.05, 3.63) is 41.5 Å². The summed E-state index contributed by atoms with van der Waals surface area (Å²) in [4.78, 5) is 0. The first-order chi connectivity index (χ1) is 12.7. The van der Waals surface area contributed by atoms with Gasteiger partial charge in [-0.1, -0.05) is 6.07 Å². The van der Waals surface area contributed by atoms with Crippen LogP contribution in [-0.4, -0.2) is 31.9 Å². The molecule has 3 atom stereocenters. The Hall–Kier alpha value is -2.60. The Bertz CT molecular complexity index is 848. The normalized spacial score (nSPS) is 25.3. The Kier molecular flexibility index (Phi) is 3.60. The molecule has 5 rings (SSSR count). The van der Waals surface area contributed by atoms with Crippen LogP contribution < -0.4 is 18.9 Å². The van der Waals surface area contributed by atoms with Crippen LogP contribution >= 0.6 is 0 Å². The highest BCUT2D eigenvalue weighted by Gasteiger charge is 2.42.